The minimum atomic E-state index is -0.503. The van der Waals surface area contributed by atoms with Crippen molar-refractivity contribution in [3.63, 3.8) is 0 Å². The topological polar surface area (TPSA) is 95.1 Å². The van der Waals surface area contributed by atoms with Crippen molar-refractivity contribution in [2.24, 2.45) is 4.99 Å². The molecule has 0 radical (unpaired) electrons. The molecule has 2 rings (SSSR count). The summed E-state index contributed by atoms with van der Waals surface area (Å²) in [5.41, 5.74) is 2.03. The minimum absolute atomic E-state index is 0. The highest BCUT2D eigenvalue weighted by Gasteiger charge is 2.20. The Morgan fingerprint density at radius 2 is 1.77 bits per heavy atom. The van der Waals surface area contributed by atoms with Gasteiger partial charge in [-0.1, -0.05) is 24.3 Å². The van der Waals surface area contributed by atoms with E-state index in [2.05, 4.69) is 33.1 Å². The van der Waals surface area contributed by atoms with Crippen LogP contribution in [0.2, 0.25) is 0 Å². The van der Waals surface area contributed by atoms with Crippen molar-refractivity contribution in [2.45, 2.75) is 45.8 Å². The number of nitrogens with one attached hydrogen (secondary N) is 3. The Morgan fingerprint density at radius 3 is 2.43 bits per heavy atom. The van der Waals surface area contributed by atoms with Crippen molar-refractivity contribution in [3.05, 3.63) is 35.4 Å². The summed E-state index contributed by atoms with van der Waals surface area (Å²) in [4.78, 5) is 30.1. The fraction of sp³-hybridized carbons (Fsp3) is 0.571. The van der Waals surface area contributed by atoms with Crippen LogP contribution in [0.4, 0.5) is 4.79 Å². The predicted octanol–water partition coefficient (Wildman–Crippen LogP) is 2.27. The van der Waals surface area contributed by atoms with E-state index in [1.165, 1.54) is 11.1 Å². The molecule has 3 N–H and O–H groups in total. The number of ether oxygens (including phenoxy) is 1. The smallest absolute Gasteiger partial charge is 0.407 e. The fourth-order valence-corrected chi connectivity index (χ4v) is 3.00. The second-order valence-corrected chi connectivity index (χ2v) is 7.97. The lowest BCUT2D eigenvalue weighted by Crippen LogP contribution is -2.46. The van der Waals surface area contributed by atoms with Crippen LogP contribution < -0.4 is 16.0 Å². The van der Waals surface area contributed by atoms with E-state index in [0.717, 1.165) is 13.0 Å². The monoisotopic (exact) mass is 531 g/mol. The largest absolute Gasteiger partial charge is 0.444 e. The first-order valence-corrected chi connectivity index (χ1v) is 10.0. The van der Waals surface area contributed by atoms with Gasteiger partial charge in [0.25, 0.3) is 0 Å². The molecular weight excluding hydrogens is 497 g/mol. The molecule has 0 aliphatic carbocycles. The molecule has 0 saturated carbocycles. The molecule has 2 amide bonds. The van der Waals surface area contributed by atoms with Gasteiger partial charge in [-0.3, -0.25) is 9.79 Å². The Balaban J connectivity index is 0.00000450. The SMILES string of the molecule is CN=C(NCCCNC(=O)OC(C)(C)C)NCC(=O)N1CCc2ccccc2C1.I. The van der Waals surface area contributed by atoms with E-state index < -0.39 is 11.7 Å². The molecule has 0 saturated heterocycles. The lowest BCUT2D eigenvalue weighted by Gasteiger charge is -2.29. The van der Waals surface area contributed by atoms with E-state index in [1.54, 1.807) is 7.05 Å². The highest BCUT2D eigenvalue weighted by atomic mass is 127. The molecule has 0 aromatic heterocycles. The van der Waals surface area contributed by atoms with Crippen LogP contribution in [0.3, 0.4) is 0 Å². The molecule has 8 nitrogen and oxygen atoms in total. The molecule has 1 aromatic rings. The van der Waals surface area contributed by atoms with Gasteiger partial charge < -0.3 is 25.6 Å². The third-order valence-corrected chi connectivity index (χ3v) is 4.43. The van der Waals surface area contributed by atoms with Gasteiger partial charge >= 0.3 is 6.09 Å². The van der Waals surface area contributed by atoms with Crippen molar-refractivity contribution < 1.29 is 14.3 Å². The number of rotatable bonds is 6. The maximum atomic E-state index is 12.5. The first-order valence-electron chi connectivity index (χ1n) is 10.0. The molecule has 0 bridgehead atoms. The number of carbonyl (C=O) groups is 2. The third kappa shape index (κ3) is 9.19. The zero-order chi connectivity index (χ0) is 21.3. The van der Waals surface area contributed by atoms with Crippen molar-refractivity contribution in [2.75, 3.05) is 33.2 Å². The van der Waals surface area contributed by atoms with Gasteiger partial charge in [0.1, 0.15) is 5.60 Å². The quantitative estimate of drug-likeness (QED) is 0.227. The number of hydrogen-bond donors (Lipinski definition) is 3. The minimum Gasteiger partial charge on any atom is -0.444 e. The fourth-order valence-electron chi connectivity index (χ4n) is 3.00. The predicted molar refractivity (Wildman–Crippen MR) is 129 cm³/mol. The zero-order valence-electron chi connectivity index (χ0n) is 18.3. The highest BCUT2D eigenvalue weighted by Crippen LogP contribution is 2.18. The van der Waals surface area contributed by atoms with Gasteiger partial charge in [0.2, 0.25) is 5.91 Å². The number of alkyl carbamates (subject to hydrolysis) is 1. The number of carbonyl (C=O) groups excluding carboxylic acids is 2. The van der Waals surface area contributed by atoms with Crippen molar-refractivity contribution in [1.29, 1.82) is 0 Å². The number of aliphatic imine (C=N–C) groups is 1. The van der Waals surface area contributed by atoms with E-state index in [4.69, 9.17) is 4.74 Å². The number of amides is 2. The summed E-state index contributed by atoms with van der Waals surface area (Å²) in [5, 5.41) is 8.91. The Hall–Kier alpha value is -2.04. The Kier molecular flexibility index (Phi) is 10.9. The summed E-state index contributed by atoms with van der Waals surface area (Å²) in [6.07, 6.45) is 1.17. The highest BCUT2D eigenvalue weighted by molar-refractivity contribution is 14.0. The average Bonchev–Trinajstić information content (AvgIpc) is 2.68. The van der Waals surface area contributed by atoms with Gasteiger partial charge in [0.15, 0.2) is 5.96 Å². The molecule has 1 aromatic carbocycles. The van der Waals surface area contributed by atoms with Crippen LogP contribution in [0.15, 0.2) is 29.3 Å². The van der Waals surface area contributed by atoms with Crippen LogP contribution in [0.1, 0.15) is 38.3 Å². The molecule has 1 aliphatic rings. The summed E-state index contributed by atoms with van der Waals surface area (Å²) in [5.74, 6) is 0.613. The Morgan fingerprint density at radius 1 is 1.10 bits per heavy atom. The van der Waals surface area contributed by atoms with E-state index in [1.807, 2.05) is 37.8 Å². The van der Waals surface area contributed by atoms with E-state index in [-0.39, 0.29) is 36.4 Å². The number of halogens is 1. The first-order chi connectivity index (χ1) is 13.8. The molecule has 168 valence electrons. The molecule has 0 atom stereocenters. The van der Waals surface area contributed by atoms with E-state index in [9.17, 15) is 9.59 Å². The number of benzene rings is 1. The summed E-state index contributed by atoms with van der Waals surface area (Å²) >= 11 is 0. The van der Waals surface area contributed by atoms with Gasteiger partial charge in [-0.15, -0.1) is 24.0 Å². The van der Waals surface area contributed by atoms with Crippen LogP contribution in [-0.4, -0.2) is 61.7 Å². The van der Waals surface area contributed by atoms with Crippen molar-refractivity contribution in [3.8, 4) is 0 Å². The maximum absolute atomic E-state index is 12.5. The summed E-state index contributed by atoms with van der Waals surface area (Å²) in [6.45, 7) is 8.16. The lowest BCUT2D eigenvalue weighted by atomic mass is 10.00. The van der Waals surface area contributed by atoms with Crippen molar-refractivity contribution >= 4 is 41.9 Å². The molecule has 0 unspecified atom stereocenters. The normalized spacial score (nSPS) is 13.6. The summed E-state index contributed by atoms with van der Waals surface area (Å²) in [7, 11) is 1.66. The van der Waals surface area contributed by atoms with Crippen molar-refractivity contribution in [1.82, 2.24) is 20.9 Å². The van der Waals surface area contributed by atoms with Gasteiger partial charge in [-0.05, 0) is 44.7 Å². The average molecular weight is 531 g/mol. The number of guanidine groups is 1. The Bertz CT molecular complexity index is 734. The van der Waals surface area contributed by atoms with Crippen LogP contribution in [0, 0.1) is 0 Å². The van der Waals surface area contributed by atoms with Crippen LogP contribution in [0.5, 0.6) is 0 Å². The van der Waals surface area contributed by atoms with E-state index >= 15 is 0 Å². The molecule has 0 spiro atoms. The number of nitrogens with zero attached hydrogens (tertiary/aromatic N) is 2. The van der Waals surface area contributed by atoms with Gasteiger partial charge in [-0.25, -0.2) is 4.79 Å². The summed E-state index contributed by atoms with van der Waals surface area (Å²) in [6, 6.07) is 8.25. The first kappa shape index (κ1) is 26.0. The molecular formula is C21H34IN5O3. The Labute approximate surface area is 196 Å². The summed E-state index contributed by atoms with van der Waals surface area (Å²) < 4.78 is 5.18. The third-order valence-electron chi connectivity index (χ3n) is 4.43. The maximum Gasteiger partial charge on any atom is 0.407 e. The second-order valence-electron chi connectivity index (χ2n) is 7.97. The molecule has 9 heteroatoms. The number of hydrogen-bond acceptors (Lipinski definition) is 4. The van der Waals surface area contributed by atoms with Crippen LogP contribution >= 0.6 is 24.0 Å². The number of fused-ring (bicyclic) bond motifs is 1. The lowest BCUT2D eigenvalue weighted by molar-refractivity contribution is -0.130. The van der Waals surface area contributed by atoms with E-state index in [0.29, 0.717) is 32.0 Å². The van der Waals surface area contributed by atoms with Crippen LogP contribution in [-0.2, 0) is 22.5 Å². The standard InChI is InChI=1S/C21H33N5O3.HI/c1-21(2,3)29-20(28)24-12-7-11-23-19(22-4)25-14-18(27)26-13-10-16-8-5-6-9-17(16)15-26;/h5-6,8-9H,7,10-15H2,1-4H3,(H,24,28)(H2,22,23,25);1H. The van der Waals surface area contributed by atoms with Gasteiger partial charge in [0, 0.05) is 33.2 Å². The van der Waals surface area contributed by atoms with Crippen LogP contribution in [0.25, 0.3) is 0 Å². The second kappa shape index (κ2) is 12.6. The zero-order valence-corrected chi connectivity index (χ0v) is 20.6. The van der Waals surface area contributed by atoms with Gasteiger partial charge in [0.05, 0.1) is 6.54 Å². The molecule has 1 heterocycles. The molecule has 30 heavy (non-hydrogen) atoms. The van der Waals surface area contributed by atoms with Gasteiger partial charge in [-0.2, -0.15) is 0 Å². The molecule has 0 fully saturated rings. The molecule has 1 aliphatic heterocycles.